The maximum Gasteiger partial charge on any atom is 0.336 e. The number of aliphatic hydroxyl groups is 2. The molecule has 6 heteroatoms. The predicted molar refractivity (Wildman–Crippen MR) is 168 cm³/mol. The zero-order valence-corrected chi connectivity index (χ0v) is 25.1. The van der Waals surface area contributed by atoms with Crippen LogP contribution < -0.4 is 0 Å². The third-order valence-electron chi connectivity index (χ3n) is 7.54. The summed E-state index contributed by atoms with van der Waals surface area (Å²) in [6.45, 7) is 12.2. The Morgan fingerprint density at radius 2 is 1.24 bits per heavy atom. The van der Waals surface area contributed by atoms with Crippen LogP contribution in [-0.2, 0) is 31.9 Å². The van der Waals surface area contributed by atoms with Gasteiger partial charge in [0.1, 0.15) is 0 Å². The SMILES string of the molecule is C=C(C(=O)OCC(CCc1ccc2cc(-c3ccc(CCCCC)cc3)ccc2c1)COC(=O)C(=C)C(C)O)C(C)O. The number of ether oxygens (including phenoxy) is 2. The number of aryl methyl sites for hydroxylation is 2. The summed E-state index contributed by atoms with van der Waals surface area (Å²) in [6.07, 6.45) is 4.05. The minimum atomic E-state index is -1.02. The monoisotopic (exact) mass is 572 g/mol. The number of carbonyl (C=O) groups excluding carboxylic acids is 2. The van der Waals surface area contributed by atoms with Crippen molar-refractivity contribution >= 4 is 22.7 Å². The molecule has 42 heavy (non-hydrogen) atoms. The normalized spacial score (nSPS) is 13.3. The lowest BCUT2D eigenvalue weighted by Gasteiger charge is -2.19. The molecule has 3 aromatic rings. The van der Waals surface area contributed by atoms with Crippen LogP contribution in [0.3, 0.4) is 0 Å². The summed E-state index contributed by atoms with van der Waals surface area (Å²) < 4.78 is 10.7. The lowest BCUT2D eigenvalue weighted by atomic mass is 9.96. The first kappa shape index (κ1) is 32.8. The summed E-state index contributed by atoms with van der Waals surface area (Å²) in [7, 11) is 0. The second-order valence-electron chi connectivity index (χ2n) is 11.1. The molecule has 0 heterocycles. The van der Waals surface area contributed by atoms with Gasteiger partial charge in [-0.05, 0) is 78.6 Å². The van der Waals surface area contributed by atoms with Crippen LogP contribution in [-0.4, -0.2) is 47.6 Å². The molecule has 0 saturated heterocycles. The molecule has 0 aliphatic carbocycles. The maximum absolute atomic E-state index is 12.2. The highest BCUT2D eigenvalue weighted by Crippen LogP contribution is 2.27. The molecule has 224 valence electrons. The molecule has 0 radical (unpaired) electrons. The summed E-state index contributed by atoms with van der Waals surface area (Å²) in [5.74, 6) is -1.69. The van der Waals surface area contributed by atoms with Gasteiger partial charge in [0.05, 0.1) is 36.6 Å². The van der Waals surface area contributed by atoms with Gasteiger partial charge < -0.3 is 19.7 Å². The molecule has 0 spiro atoms. The molecular weight excluding hydrogens is 528 g/mol. The smallest absolute Gasteiger partial charge is 0.336 e. The van der Waals surface area contributed by atoms with Crippen molar-refractivity contribution in [1.29, 1.82) is 0 Å². The van der Waals surface area contributed by atoms with Gasteiger partial charge in [0.15, 0.2) is 0 Å². The Kier molecular flexibility index (Phi) is 12.5. The van der Waals surface area contributed by atoms with Crippen LogP contribution in [0.15, 0.2) is 85.0 Å². The Hall–Kier alpha value is -3.74. The number of hydrogen-bond donors (Lipinski definition) is 2. The van der Waals surface area contributed by atoms with Gasteiger partial charge in [-0.25, -0.2) is 9.59 Å². The molecule has 0 bridgehead atoms. The largest absolute Gasteiger partial charge is 0.462 e. The first-order chi connectivity index (χ1) is 20.1. The van der Waals surface area contributed by atoms with Gasteiger partial charge in [-0.2, -0.15) is 0 Å². The maximum atomic E-state index is 12.2. The van der Waals surface area contributed by atoms with Gasteiger partial charge in [-0.3, -0.25) is 0 Å². The van der Waals surface area contributed by atoms with E-state index in [1.54, 1.807) is 0 Å². The molecule has 2 atom stereocenters. The standard InChI is InChI=1S/C36H44O6/c1-6-7-8-9-28-12-15-31(16-13-28)33-19-18-32-20-29(14-17-34(32)21-33)10-11-30(22-41-35(39)24(2)26(4)37)23-42-36(40)25(3)27(5)38/h12-21,26-27,30,37-38H,2-3,6-11,22-23H2,1,4-5H3. The Morgan fingerprint density at radius 1 is 0.714 bits per heavy atom. The lowest BCUT2D eigenvalue weighted by molar-refractivity contribution is -0.145. The number of rotatable bonds is 16. The van der Waals surface area contributed by atoms with Crippen molar-refractivity contribution in [3.63, 3.8) is 0 Å². The van der Waals surface area contributed by atoms with Gasteiger partial charge in [0.25, 0.3) is 0 Å². The first-order valence-electron chi connectivity index (χ1n) is 14.8. The molecule has 0 aliphatic rings. The van der Waals surface area contributed by atoms with Crippen LogP contribution >= 0.6 is 0 Å². The third kappa shape index (κ3) is 9.68. The molecule has 0 saturated carbocycles. The molecule has 3 aromatic carbocycles. The van der Waals surface area contributed by atoms with Crippen LogP contribution in [0.25, 0.3) is 21.9 Å². The van der Waals surface area contributed by atoms with Crippen LogP contribution in [0, 0.1) is 5.92 Å². The summed E-state index contributed by atoms with van der Waals surface area (Å²) in [6, 6.07) is 21.7. The third-order valence-corrected chi connectivity index (χ3v) is 7.54. The average molecular weight is 573 g/mol. The Morgan fingerprint density at radius 3 is 1.81 bits per heavy atom. The zero-order valence-electron chi connectivity index (χ0n) is 25.1. The van der Waals surface area contributed by atoms with E-state index in [1.807, 2.05) is 0 Å². The van der Waals surface area contributed by atoms with Gasteiger partial charge in [0.2, 0.25) is 0 Å². The highest BCUT2D eigenvalue weighted by Gasteiger charge is 2.20. The topological polar surface area (TPSA) is 93.1 Å². The van der Waals surface area contributed by atoms with E-state index in [1.165, 1.54) is 49.8 Å². The Labute approximate surface area is 249 Å². The number of fused-ring (bicyclic) bond motifs is 1. The van der Waals surface area contributed by atoms with Crippen LogP contribution in [0.4, 0.5) is 0 Å². The molecule has 2 unspecified atom stereocenters. The fourth-order valence-electron chi connectivity index (χ4n) is 4.57. The minimum Gasteiger partial charge on any atom is -0.462 e. The van der Waals surface area contributed by atoms with Crippen LogP contribution in [0.5, 0.6) is 0 Å². The predicted octanol–water partition coefficient (Wildman–Crippen LogP) is 6.75. The number of hydrogen-bond acceptors (Lipinski definition) is 6. The Balaban J connectivity index is 1.66. The van der Waals surface area contributed by atoms with Crippen molar-refractivity contribution in [2.24, 2.45) is 5.92 Å². The van der Waals surface area contributed by atoms with E-state index in [-0.39, 0.29) is 30.3 Å². The molecule has 0 amide bonds. The molecule has 0 aliphatic heterocycles. The van der Waals surface area contributed by atoms with Gasteiger partial charge >= 0.3 is 11.9 Å². The number of aliphatic hydroxyl groups excluding tert-OH is 2. The van der Waals surface area contributed by atoms with E-state index in [0.29, 0.717) is 12.8 Å². The van der Waals surface area contributed by atoms with Crippen molar-refractivity contribution in [3.05, 3.63) is 96.1 Å². The quantitative estimate of drug-likeness (QED) is 0.112. The van der Waals surface area contributed by atoms with E-state index in [2.05, 4.69) is 80.7 Å². The number of esters is 2. The summed E-state index contributed by atoms with van der Waals surface area (Å²) in [5, 5.41) is 21.5. The van der Waals surface area contributed by atoms with E-state index in [4.69, 9.17) is 9.47 Å². The van der Waals surface area contributed by atoms with Crippen molar-refractivity contribution in [1.82, 2.24) is 0 Å². The van der Waals surface area contributed by atoms with E-state index >= 15 is 0 Å². The fourth-order valence-corrected chi connectivity index (χ4v) is 4.57. The van der Waals surface area contributed by atoms with Crippen molar-refractivity contribution in [3.8, 4) is 11.1 Å². The average Bonchev–Trinajstić information content (AvgIpc) is 2.99. The minimum absolute atomic E-state index is 0.00660. The van der Waals surface area contributed by atoms with Crippen molar-refractivity contribution < 1.29 is 29.3 Å². The molecule has 0 aromatic heterocycles. The van der Waals surface area contributed by atoms with E-state index < -0.39 is 24.1 Å². The van der Waals surface area contributed by atoms with Gasteiger partial charge in [0, 0.05) is 5.92 Å². The second-order valence-corrected chi connectivity index (χ2v) is 11.1. The number of carbonyl (C=O) groups is 2. The zero-order chi connectivity index (χ0) is 30.6. The van der Waals surface area contributed by atoms with E-state index in [9.17, 15) is 19.8 Å². The number of benzene rings is 3. The van der Waals surface area contributed by atoms with Crippen LogP contribution in [0.1, 0.15) is 57.6 Å². The highest BCUT2D eigenvalue weighted by molar-refractivity contribution is 5.89. The second kappa shape index (κ2) is 16.0. The van der Waals surface area contributed by atoms with E-state index in [0.717, 1.165) is 22.8 Å². The van der Waals surface area contributed by atoms with Gasteiger partial charge in [-0.1, -0.05) is 87.5 Å². The molecule has 6 nitrogen and oxygen atoms in total. The van der Waals surface area contributed by atoms with Gasteiger partial charge in [-0.15, -0.1) is 0 Å². The molecule has 2 N–H and O–H groups in total. The highest BCUT2D eigenvalue weighted by atomic mass is 16.5. The molecule has 0 fully saturated rings. The summed E-state index contributed by atoms with van der Waals surface area (Å²) >= 11 is 0. The molecular formula is C36H44O6. The Bertz CT molecular complexity index is 1330. The van der Waals surface area contributed by atoms with Crippen molar-refractivity contribution in [2.45, 2.75) is 71.5 Å². The summed E-state index contributed by atoms with van der Waals surface area (Å²) in [5.41, 5.74) is 4.78. The fraction of sp³-hybridized carbons (Fsp3) is 0.389. The molecule has 3 rings (SSSR count). The van der Waals surface area contributed by atoms with Crippen molar-refractivity contribution in [2.75, 3.05) is 13.2 Å². The van der Waals surface area contributed by atoms with Crippen LogP contribution in [0.2, 0.25) is 0 Å². The summed E-state index contributed by atoms with van der Waals surface area (Å²) in [4.78, 5) is 24.4. The first-order valence-corrected chi connectivity index (χ1v) is 14.8. The number of unbranched alkanes of at least 4 members (excludes halogenated alkanes) is 2. The lowest BCUT2D eigenvalue weighted by Crippen LogP contribution is -2.25.